The van der Waals surface area contributed by atoms with Gasteiger partial charge in [-0.2, -0.15) is 0 Å². The average molecular weight is 436 g/mol. The maximum Gasteiger partial charge on any atom is 0.335 e. The zero-order valence-electron chi connectivity index (χ0n) is 16.6. The fourth-order valence-corrected chi connectivity index (χ4v) is 3.34. The molecule has 0 saturated heterocycles. The molecule has 0 fully saturated rings. The van der Waals surface area contributed by atoms with E-state index in [-0.39, 0.29) is 23.1 Å². The number of thioether (sulfide) groups is 1. The monoisotopic (exact) mass is 436 g/mol. The third-order valence-corrected chi connectivity index (χ3v) is 5.24. The largest absolute Gasteiger partial charge is 0.497 e. The molecular formula is C23H20N2O5S. The number of anilines is 2. The van der Waals surface area contributed by atoms with Crippen LogP contribution in [0.2, 0.25) is 0 Å². The summed E-state index contributed by atoms with van der Waals surface area (Å²) in [6, 6.07) is 20.0. The van der Waals surface area contributed by atoms with Crippen molar-refractivity contribution in [1.82, 2.24) is 0 Å². The summed E-state index contributed by atoms with van der Waals surface area (Å²) in [4.78, 5) is 36.2. The SMILES string of the molecule is COc1cccc(C(=O)Nc2ccc(SCC(=O)Nc3ccc(C(=O)O)cc3)cc2)c1. The van der Waals surface area contributed by atoms with Gasteiger partial charge in [0, 0.05) is 21.8 Å². The van der Waals surface area contributed by atoms with Crippen LogP contribution in [-0.4, -0.2) is 35.8 Å². The predicted molar refractivity (Wildman–Crippen MR) is 120 cm³/mol. The summed E-state index contributed by atoms with van der Waals surface area (Å²) in [6.07, 6.45) is 0. The van der Waals surface area contributed by atoms with Crippen LogP contribution in [0.3, 0.4) is 0 Å². The first kappa shape index (κ1) is 21.9. The number of benzene rings is 3. The van der Waals surface area contributed by atoms with E-state index in [1.54, 1.807) is 55.6 Å². The molecule has 0 aliphatic carbocycles. The van der Waals surface area contributed by atoms with E-state index in [1.807, 2.05) is 12.1 Å². The first-order valence-electron chi connectivity index (χ1n) is 9.26. The second kappa shape index (κ2) is 10.3. The van der Waals surface area contributed by atoms with Crippen molar-refractivity contribution in [2.45, 2.75) is 4.90 Å². The molecule has 0 spiro atoms. The van der Waals surface area contributed by atoms with Crippen LogP contribution in [0, 0.1) is 0 Å². The average Bonchev–Trinajstić information content (AvgIpc) is 2.79. The van der Waals surface area contributed by atoms with E-state index < -0.39 is 5.97 Å². The van der Waals surface area contributed by atoms with E-state index in [1.165, 1.54) is 23.9 Å². The molecule has 3 aromatic rings. The fourth-order valence-electron chi connectivity index (χ4n) is 2.64. The summed E-state index contributed by atoms with van der Waals surface area (Å²) in [5.41, 5.74) is 1.82. The highest BCUT2D eigenvalue weighted by Crippen LogP contribution is 2.22. The molecule has 7 nitrogen and oxygen atoms in total. The molecule has 31 heavy (non-hydrogen) atoms. The van der Waals surface area contributed by atoms with Crippen molar-refractivity contribution >= 4 is 40.9 Å². The highest BCUT2D eigenvalue weighted by atomic mass is 32.2. The normalized spacial score (nSPS) is 10.2. The standard InChI is InChI=1S/C23H20N2O5S/c1-30-19-4-2-3-16(13-19)22(27)25-18-9-11-20(12-10-18)31-14-21(26)24-17-7-5-15(6-8-17)23(28)29/h2-13H,14H2,1H3,(H,24,26)(H,25,27)(H,28,29). The molecule has 0 unspecified atom stereocenters. The number of aromatic carboxylic acids is 1. The Hall–Kier alpha value is -3.78. The van der Waals surface area contributed by atoms with Crippen molar-refractivity contribution in [1.29, 1.82) is 0 Å². The summed E-state index contributed by atoms with van der Waals surface area (Å²) in [5.74, 6) is -0.668. The quantitative estimate of drug-likeness (QED) is 0.453. The molecule has 0 saturated carbocycles. The molecule has 0 radical (unpaired) electrons. The second-order valence-electron chi connectivity index (χ2n) is 6.43. The highest BCUT2D eigenvalue weighted by Gasteiger charge is 2.09. The topological polar surface area (TPSA) is 105 Å². The molecule has 0 aromatic heterocycles. The first-order valence-corrected chi connectivity index (χ1v) is 10.2. The van der Waals surface area contributed by atoms with Gasteiger partial charge in [0.05, 0.1) is 18.4 Å². The maximum atomic E-state index is 12.4. The number of rotatable bonds is 8. The van der Waals surface area contributed by atoms with Gasteiger partial charge in [-0.1, -0.05) is 6.07 Å². The van der Waals surface area contributed by atoms with Crippen molar-refractivity contribution in [2.75, 3.05) is 23.5 Å². The fraction of sp³-hybridized carbons (Fsp3) is 0.0870. The Morgan fingerprint density at radius 3 is 2.16 bits per heavy atom. The summed E-state index contributed by atoms with van der Waals surface area (Å²) < 4.78 is 5.13. The van der Waals surface area contributed by atoms with Crippen molar-refractivity contribution < 1.29 is 24.2 Å². The van der Waals surface area contributed by atoms with E-state index in [0.29, 0.717) is 22.7 Å². The minimum Gasteiger partial charge on any atom is -0.497 e. The van der Waals surface area contributed by atoms with Gasteiger partial charge in [-0.15, -0.1) is 11.8 Å². The molecule has 0 aliphatic heterocycles. The van der Waals surface area contributed by atoms with Crippen LogP contribution < -0.4 is 15.4 Å². The molecule has 3 aromatic carbocycles. The van der Waals surface area contributed by atoms with Crippen molar-refractivity contribution in [2.24, 2.45) is 0 Å². The van der Waals surface area contributed by atoms with E-state index in [2.05, 4.69) is 10.6 Å². The molecule has 8 heteroatoms. The van der Waals surface area contributed by atoms with Crippen LogP contribution in [0.15, 0.2) is 77.7 Å². The zero-order valence-corrected chi connectivity index (χ0v) is 17.4. The van der Waals surface area contributed by atoms with E-state index >= 15 is 0 Å². The van der Waals surface area contributed by atoms with Crippen LogP contribution in [0.25, 0.3) is 0 Å². The van der Waals surface area contributed by atoms with Crippen LogP contribution >= 0.6 is 11.8 Å². The Morgan fingerprint density at radius 2 is 1.52 bits per heavy atom. The van der Waals surface area contributed by atoms with E-state index in [9.17, 15) is 14.4 Å². The molecule has 3 N–H and O–H groups in total. The van der Waals surface area contributed by atoms with Gasteiger partial charge in [0.15, 0.2) is 0 Å². The Morgan fingerprint density at radius 1 is 0.871 bits per heavy atom. The van der Waals surface area contributed by atoms with Crippen molar-refractivity contribution in [3.63, 3.8) is 0 Å². The summed E-state index contributed by atoms with van der Waals surface area (Å²) in [6.45, 7) is 0. The van der Waals surface area contributed by atoms with Gasteiger partial charge >= 0.3 is 5.97 Å². The van der Waals surface area contributed by atoms with Gasteiger partial charge in [0.2, 0.25) is 5.91 Å². The van der Waals surface area contributed by atoms with Gasteiger partial charge in [0.25, 0.3) is 5.91 Å². The third-order valence-electron chi connectivity index (χ3n) is 4.23. The number of amides is 2. The lowest BCUT2D eigenvalue weighted by molar-refractivity contribution is -0.113. The number of hydrogen-bond acceptors (Lipinski definition) is 5. The van der Waals surface area contributed by atoms with Gasteiger partial charge in [-0.05, 0) is 66.7 Å². The highest BCUT2D eigenvalue weighted by molar-refractivity contribution is 8.00. The van der Waals surface area contributed by atoms with Gasteiger partial charge in [-0.25, -0.2) is 4.79 Å². The molecule has 3 rings (SSSR count). The van der Waals surface area contributed by atoms with Crippen LogP contribution in [0.4, 0.5) is 11.4 Å². The molecular weight excluding hydrogens is 416 g/mol. The van der Waals surface area contributed by atoms with Crippen LogP contribution in [0.1, 0.15) is 20.7 Å². The Bertz CT molecular complexity index is 1080. The Balaban J connectivity index is 1.50. The van der Waals surface area contributed by atoms with Gasteiger partial charge < -0.3 is 20.5 Å². The molecule has 2 amide bonds. The Labute approximate surface area is 183 Å². The summed E-state index contributed by atoms with van der Waals surface area (Å²) >= 11 is 1.35. The number of carbonyl (C=O) groups is 3. The third kappa shape index (κ3) is 6.35. The van der Waals surface area contributed by atoms with Crippen LogP contribution in [-0.2, 0) is 4.79 Å². The molecule has 0 atom stereocenters. The van der Waals surface area contributed by atoms with Crippen molar-refractivity contribution in [3.05, 3.63) is 83.9 Å². The van der Waals surface area contributed by atoms with E-state index in [4.69, 9.17) is 9.84 Å². The summed E-state index contributed by atoms with van der Waals surface area (Å²) in [7, 11) is 1.54. The number of ether oxygens (including phenoxy) is 1. The van der Waals surface area contributed by atoms with Crippen molar-refractivity contribution in [3.8, 4) is 5.75 Å². The predicted octanol–water partition coefficient (Wildman–Crippen LogP) is 4.38. The smallest absolute Gasteiger partial charge is 0.335 e. The number of carboxylic acids is 1. The van der Waals surface area contributed by atoms with E-state index in [0.717, 1.165) is 4.90 Å². The lowest BCUT2D eigenvalue weighted by atomic mass is 10.2. The minimum atomic E-state index is -1.02. The zero-order chi connectivity index (χ0) is 22.2. The number of hydrogen-bond donors (Lipinski definition) is 3. The van der Waals surface area contributed by atoms with Crippen LogP contribution in [0.5, 0.6) is 5.75 Å². The van der Waals surface area contributed by atoms with Gasteiger partial charge in [-0.3, -0.25) is 9.59 Å². The first-order chi connectivity index (χ1) is 14.9. The molecule has 0 bridgehead atoms. The minimum absolute atomic E-state index is 0.158. The summed E-state index contributed by atoms with van der Waals surface area (Å²) in [5, 5.41) is 14.4. The maximum absolute atomic E-state index is 12.4. The lowest BCUT2D eigenvalue weighted by Gasteiger charge is -2.08. The number of carboxylic acid groups (broad SMARTS) is 1. The number of nitrogens with one attached hydrogen (secondary N) is 2. The Kier molecular flexibility index (Phi) is 7.29. The number of methoxy groups -OCH3 is 1. The molecule has 158 valence electrons. The second-order valence-corrected chi connectivity index (χ2v) is 7.48. The lowest BCUT2D eigenvalue weighted by Crippen LogP contribution is -2.14. The molecule has 0 heterocycles. The molecule has 0 aliphatic rings. The van der Waals surface area contributed by atoms with Gasteiger partial charge in [0.1, 0.15) is 5.75 Å². The number of carbonyl (C=O) groups excluding carboxylic acids is 2.